The van der Waals surface area contributed by atoms with Gasteiger partial charge in [0.1, 0.15) is 5.82 Å². The van der Waals surface area contributed by atoms with Gasteiger partial charge in [-0.05, 0) is 43.5 Å². The minimum absolute atomic E-state index is 0.0451. The van der Waals surface area contributed by atoms with Crippen LogP contribution in [0.2, 0.25) is 5.28 Å². The van der Waals surface area contributed by atoms with Crippen molar-refractivity contribution in [2.75, 3.05) is 0 Å². The van der Waals surface area contributed by atoms with Crippen LogP contribution in [0.3, 0.4) is 0 Å². The topological polar surface area (TPSA) is 78.2 Å². The second kappa shape index (κ2) is 5.98. The summed E-state index contributed by atoms with van der Waals surface area (Å²) in [7, 11) is 0. The largest absolute Gasteiger partial charge is 0.430 e. The van der Waals surface area contributed by atoms with Crippen LogP contribution in [0.4, 0.5) is 10.1 Å². The van der Waals surface area contributed by atoms with Gasteiger partial charge in [0.25, 0.3) is 0 Å². The van der Waals surface area contributed by atoms with Crippen LogP contribution in [0.15, 0.2) is 27.3 Å². The Hall–Kier alpha value is -1.32. The van der Waals surface area contributed by atoms with Crippen LogP contribution in [-0.4, -0.2) is 14.9 Å². The van der Waals surface area contributed by atoms with Crippen molar-refractivity contribution >= 4 is 49.1 Å². The van der Waals surface area contributed by atoms with Gasteiger partial charge < -0.3 is 4.74 Å². The molecule has 0 saturated carbocycles. The Labute approximate surface area is 133 Å². The molecule has 6 nitrogen and oxygen atoms in total. The molecular weight excluding hydrogens is 424 g/mol. The predicted molar refractivity (Wildman–Crippen MR) is 75.6 cm³/mol. The summed E-state index contributed by atoms with van der Waals surface area (Å²) >= 11 is 11.6. The fourth-order valence-corrected chi connectivity index (χ4v) is 1.98. The van der Waals surface area contributed by atoms with E-state index < -0.39 is 16.4 Å². The summed E-state index contributed by atoms with van der Waals surface area (Å²) in [6, 6.07) is 1.88. The van der Waals surface area contributed by atoms with Crippen LogP contribution in [0.25, 0.3) is 0 Å². The van der Waals surface area contributed by atoms with Crippen LogP contribution in [0, 0.1) is 15.9 Å². The van der Waals surface area contributed by atoms with E-state index in [1.165, 1.54) is 6.20 Å². The molecule has 10 heteroatoms. The van der Waals surface area contributed by atoms with E-state index in [9.17, 15) is 14.5 Å². The summed E-state index contributed by atoms with van der Waals surface area (Å²) < 4.78 is 19.0. The SMILES string of the molecule is O=[N+]([O-])c1cc(Br)c(F)cc1Oc1nc(Cl)ncc1Br. The number of nitro groups is 1. The molecule has 0 atom stereocenters. The number of rotatable bonds is 3. The van der Waals surface area contributed by atoms with E-state index in [0.29, 0.717) is 4.47 Å². The predicted octanol–water partition coefficient (Wildman–Crippen LogP) is 4.49. The van der Waals surface area contributed by atoms with Crippen LogP contribution < -0.4 is 4.74 Å². The molecule has 0 bridgehead atoms. The van der Waals surface area contributed by atoms with Crippen molar-refractivity contribution in [1.82, 2.24) is 9.97 Å². The average Bonchev–Trinajstić information content (AvgIpc) is 2.37. The zero-order valence-electron chi connectivity index (χ0n) is 9.31. The van der Waals surface area contributed by atoms with Crippen molar-refractivity contribution in [3.8, 4) is 11.6 Å². The van der Waals surface area contributed by atoms with Crippen LogP contribution in [0.1, 0.15) is 0 Å². The Morgan fingerprint density at radius 2 is 2.05 bits per heavy atom. The first-order valence-corrected chi connectivity index (χ1v) is 6.84. The molecule has 1 heterocycles. The number of hydrogen-bond donors (Lipinski definition) is 0. The maximum Gasteiger partial charge on any atom is 0.312 e. The minimum Gasteiger partial charge on any atom is -0.430 e. The fraction of sp³-hybridized carbons (Fsp3) is 0. The number of aromatic nitrogens is 2. The van der Waals surface area contributed by atoms with E-state index in [1.54, 1.807) is 0 Å². The summed E-state index contributed by atoms with van der Waals surface area (Å²) in [5.41, 5.74) is -0.417. The molecule has 0 saturated heterocycles. The highest BCUT2D eigenvalue weighted by Gasteiger charge is 2.21. The lowest BCUT2D eigenvalue weighted by atomic mass is 10.3. The molecule has 0 fully saturated rings. The standard InChI is InChI=1S/C10H3Br2ClFN3O3/c11-4-1-7(17(18)19)8(2-6(4)14)20-9-5(12)3-15-10(13)16-9/h1-3H. The van der Waals surface area contributed by atoms with Gasteiger partial charge in [-0.3, -0.25) is 10.1 Å². The van der Waals surface area contributed by atoms with Gasteiger partial charge in [-0.15, -0.1) is 0 Å². The second-order valence-electron chi connectivity index (χ2n) is 3.39. The van der Waals surface area contributed by atoms with E-state index >= 15 is 0 Å². The third-order valence-electron chi connectivity index (χ3n) is 2.09. The Morgan fingerprint density at radius 3 is 2.70 bits per heavy atom. The van der Waals surface area contributed by atoms with E-state index in [2.05, 4.69) is 41.8 Å². The second-order valence-corrected chi connectivity index (χ2v) is 5.43. The molecule has 0 amide bonds. The summed E-state index contributed by atoms with van der Waals surface area (Å²) in [4.78, 5) is 17.7. The van der Waals surface area contributed by atoms with Crippen LogP contribution in [0.5, 0.6) is 11.6 Å². The van der Waals surface area contributed by atoms with Crippen LogP contribution >= 0.6 is 43.5 Å². The van der Waals surface area contributed by atoms with E-state index in [1.807, 2.05) is 0 Å². The lowest BCUT2D eigenvalue weighted by Crippen LogP contribution is -1.97. The normalized spacial score (nSPS) is 10.4. The smallest absolute Gasteiger partial charge is 0.312 e. The van der Waals surface area contributed by atoms with Gasteiger partial charge in [0.2, 0.25) is 16.9 Å². The van der Waals surface area contributed by atoms with Gasteiger partial charge in [-0.25, -0.2) is 9.37 Å². The molecule has 1 aromatic heterocycles. The highest BCUT2D eigenvalue weighted by Crippen LogP contribution is 2.37. The van der Waals surface area contributed by atoms with Crippen molar-refractivity contribution in [2.45, 2.75) is 0 Å². The molecule has 1 aromatic carbocycles. The minimum atomic E-state index is -0.707. The zero-order chi connectivity index (χ0) is 14.9. The Morgan fingerprint density at radius 1 is 1.35 bits per heavy atom. The van der Waals surface area contributed by atoms with Crippen LogP contribution in [-0.2, 0) is 0 Å². The first-order valence-electron chi connectivity index (χ1n) is 4.88. The molecule has 0 aliphatic heterocycles. The number of benzene rings is 1. The molecule has 0 aliphatic carbocycles. The lowest BCUT2D eigenvalue weighted by molar-refractivity contribution is -0.385. The maximum absolute atomic E-state index is 13.5. The summed E-state index contributed by atoms with van der Waals surface area (Å²) in [5, 5.41) is 10.8. The monoisotopic (exact) mass is 425 g/mol. The van der Waals surface area contributed by atoms with Gasteiger partial charge in [-0.2, -0.15) is 4.98 Å². The molecule has 0 spiro atoms. The quantitative estimate of drug-likeness (QED) is 0.410. The summed E-state index contributed by atoms with van der Waals surface area (Å²) in [6.07, 6.45) is 1.31. The van der Waals surface area contributed by atoms with Crippen molar-refractivity contribution in [1.29, 1.82) is 0 Å². The Kier molecular flexibility index (Phi) is 4.51. The molecule has 0 unspecified atom stereocenters. The van der Waals surface area contributed by atoms with E-state index in [-0.39, 0.29) is 21.4 Å². The number of nitro benzene ring substituents is 1. The molecular formula is C10H3Br2ClFN3O3. The number of hydrogen-bond acceptors (Lipinski definition) is 5. The number of nitrogens with zero attached hydrogens (tertiary/aromatic N) is 3. The highest BCUT2D eigenvalue weighted by molar-refractivity contribution is 9.10. The lowest BCUT2D eigenvalue weighted by Gasteiger charge is -2.07. The highest BCUT2D eigenvalue weighted by atomic mass is 79.9. The van der Waals surface area contributed by atoms with Gasteiger partial charge in [0.15, 0.2) is 0 Å². The zero-order valence-corrected chi connectivity index (χ0v) is 13.2. The van der Waals surface area contributed by atoms with Gasteiger partial charge in [0, 0.05) is 18.3 Å². The van der Waals surface area contributed by atoms with E-state index in [0.717, 1.165) is 12.1 Å². The number of ether oxygens (including phenoxy) is 1. The summed E-state index contributed by atoms with van der Waals surface area (Å²) in [6.45, 7) is 0. The summed E-state index contributed by atoms with van der Waals surface area (Å²) in [5.74, 6) is -1.07. The molecule has 2 rings (SSSR count). The van der Waals surface area contributed by atoms with Gasteiger partial charge in [-0.1, -0.05) is 0 Å². The average molecular weight is 427 g/mol. The Bertz CT molecular complexity index is 702. The van der Waals surface area contributed by atoms with Crippen molar-refractivity contribution in [3.05, 3.63) is 48.5 Å². The molecule has 0 radical (unpaired) electrons. The third-order valence-corrected chi connectivity index (χ3v) is 3.42. The molecule has 20 heavy (non-hydrogen) atoms. The van der Waals surface area contributed by atoms with Gasteiger partial charge in [0.05, 0.1) is 13.9 Å². The molecule has 104 valence electrons. The first-order chi connectivity index (χ1) is 9.38. The first kappa shape index (κ1) is 15.1. The Balaban J connectivity index is 2.50. The fourth-order valence-electron chi connectivity index (χ4n) is 1.25. The molecule has 2 aromatic rings. The molecule has 0 aliphatic rings. The van der Waals surface area contributed by atoms with Crippen molar-refractivity contribution in [2.24, 2.45) is 0 Å². The maximum atomic E-state index is 13.5. The third kappa shape index (κ3) is 3.22. The van der Waals surface area contributed by atoms with E-state index in [4.69, 9.17) is 16.3 Å². The number of halogens is 4. The van der Waals surface area contributed by atoms with Gasteiger partial charge >= 0.3 is 5.69 Å². The molecule has 0 N–H and O–H groups in total. The van der Waals surface area contributed by atoms with Crippen molar-refractivity contribution < 1.29 is 14.1 Å². The van der Waals surface area contributed by atoms with Crippen molar-refractivity contribution in [3.63, 3.8) is 0 Å².